The topological polar surface area (TPSA) is 64.7 Å². The summed E-state index contributed by atoms with van der Waals surface area (Å²) in [7, 11) is 0. The molecule has 0 bridgehead atoms. The molecule has 7 heteroatoms. The van der Waals surface area contributed by atoms with Gasteiger partial charge in [-0.3, -0.25) is 14.2 Å². The number of hydrogen-bond donors (Lipinski definition) is 1. The molecule has 0 saturated carbocycles. The number of aryl methyl sites for hydroxylation is 3. The largest absolute Gasteiger partial charge is 0.324 e. The van der Waals surface area contributed by atoms with Crippen LogP contribution in [-0.4, -0.2) is 25.5 Å². The molecule has 0 aliphatic rings. The molecule has 1 aromatic carbocycles. The van der Waals surface area contributed by atoms with Crippen molar-refractivity contribution in [2.24, 2.45) is 0 Å². The van der Waals surface area contributed by atoms with Crippen molar-refractivity contribution in [1.82, 2.24) is 19.6 Å². The molecule has 1 atom stereocenters. The second-order valence-corrected chi connectivity index (χ2v) is 7.26. The monoisotopic (exact) mass is 385 g/mol. The molecule has 0 saturated heterocycles. The lowest BCUT2D eigenvalue weighted by Crippen LogP contribution is -2.25. The van der Waals surface area contributed by atoms with Gasteiger partial charge in [0.25, 0.3) is 0 Å². The molecule has 6 nitrogen and oxygen atoms in total. The van der Waals surface area contributed by atoms with Crippen molar-refractivity contribution in [3.63, 3.8) is 0 Å². The zero-order chi connectivity index (χ0) is 19.7. The maximum Gasteiger partial charge on any atom is 0.248 e. The van der Waals surface area contributed by atoms with E-state index in [0.29, 0.717) is 11.6 Å². The van der Waals surface area contributed by atoms with Crippen molar-refractivity contribution < 1.29 is 4.79 Å². The van der Waals surface area contributed by atoms with E-state index in [4.69, 9.17) is 11.6 Å². The predicted octanol–water partition coefficient (Wildman–Crippen LogP) is 4.21. The lowest BCUT2D eigenvalue weighted by atomic mass is 10.2. The van der Waals surface area contributed by atoms with E-state index in [1.54, 1.807) is 4.68 Å². The smallest absolute Gasteiger partial charge is 0.248 e. The molecule has 3 rings (SSSR count). The second kappa shape index (κ2) is 7.56. The summed E-state index contributed by atoms with van der Waals surface area (Å²) in [5, 5.41) is 12.4. The average Bonchev–Trinajstić information content (AvgIpc) is 3.07. The van der Waals surface area contributed by atoms with Crippen LogP contribution in [0, 0.1) is 27.7 Å². The minimum Gasteiger partial charge on any atom is -0.324 e. The summed E-state index contributed by atoms with van der Waals surface area (Å²) >= 11 is 6.20. The van der Waals surface area contributed by atoms with Crippen LogP contribution < -0.4 is 5.32 Å². The van der Waals surface area contributed by atoms with Crippen LogP contribution in [0.25, 0.3) is 0 Å². The standard InChI is InChI=1S/C20H24ClN5O/c1-12-9-13(2)25(23-12)11-17-7-6-8-18(10-17)22-20(27)16(5)26-15(4)19(21)14(3)24-26/h6-10,16H,11H2,1-5H3,(H,22,27). The quantitative estimate of drug-likeness (QED) is 0.715. The zero-order valence-electron chi connectivity index (χ0n) is 16.2. The minimum atomic E-state index is -0.462. The fourth-order valence-electron chi connectivity index (χ4n) is 3.13. The molecule has 1 amide bonds. The number of rotatable bonds is 5. The number of anilines is 1. The van der Waals surface area contributed by atoms with Crippen LogP contribution in [0.1, 0.15) is 41.3 Å². The van der Waals surface area contributed by atoms with E-state index in [0.717, 1.165) is 34.0 Å². The highest BCUT2D eigenvalue weighted by atomic mass is 35.5. The number of carbonyl (C=O) groups is 1. The van der Waals surface area contributed by atoms with Gasteiger partial charge in [0.15, 0.2) is 0 Å². The van der Waals surface area contributed by atoms with Crippen LogP contribution in [0.4, 0.5) is 5.69 Å². The Hall–Kier alpha value is -2.60. The van der Waals surface area contributed by atoms with E-state index in [1.165, 1.54) is 0 Å². The van der Waals surface area contributed by atoms with Gasteiger partial charge in [0.1, 0.15) is 6.04 Å². The van der Waals surface area contributed by atoms with Crippen LogP contribution in [-0.2, 0) is 11.3 Å². The fraction of sp³-hybridized carbons (Fsp3) is 0.350. The summed E-state index contributed by atoms with van der Waals surface area (Å²) < 4.78 is 3.61. The van der Waals surface area contributed by atoms with Crippen LogP contribution in [0.5, 0.6) is 0 Å². The van der Waals surface area contributed by atoms with E-state index in [1.807, 2.05) is 69.6 Å². The van der Waals surface area contributed by atoms with Crippen molar-refractivity contribution in [2.45, 2.75) is 47.2 Å². The van der Waals surface area contributed by atoms with E-state index in [2.05, 4.69) is 15.5 Å². The number of hydrogen-bond acceptors (Lipinski definition) is 3. The van der Waals surface area contributed by atoms with Gasteiger partial charge in [-0.05, 0) is 58.4 Å². The van der Waals surface area contributed by atoms with Crippen LogP contribution in [0.15, 0.2) is 30.3 Å². The summed E-state index contributed by atoms with van der Waals surface area (Å²) in [6.45, 7) is 10.2. The molecule has 0 aliphatic heterocycles. The summed E-state index contributed by atoms with van der Waals surface area (Å²) in [6.07, 6.45) is 0. The molecule has 0 radical (unpaired) electrons. The first-order chi connectivity index (χ1) is 12.8. The zero-order valence-corrected chi connectivity index (χ0v) is 17.0. The Morgan fingerprint density at radius 1 is 1.19 bits per heavy atom. The third kappa shape index (κ3) is 4.06. The van der Waals surface area contributed by atoms with Crippen molar-refractivity contribution in [3.8, 4) is 0 Å². The van der Waals surface area contributed by atoms with Crippen molar-refractivity contribution in [1.29, 1.82) is 0 Å². The number of aromatic nitrogens is 4. The molecule has 0 spiro atoms. The molecule has 142 valence electrons. The Labute approximate surface area is 164 Å². The molecule has 0 fully saturated rings. The Morgan fingerprint density at radius 3 is 2.52 bits per heavy atom. The molecular weight excluding hydrogens is 362 g/mol. The van der Waals surface area contributed by atoms with E-state index < -0.39 is 6.04 Å². The highest BCUT2D eigenvalue weighted by molar-refractivity contribution is 6.31. The van der Waals surface area contributed by atoms with Gasteiger partial charge in [0, 0.05) is 11.4 Å². The summed E-state index contributed by atoms with van der Waals surface area (Å²) in [5.74, 6) is -0.138. The Morgan fingerprint density at radius 2 is 1.93 bits per heavy atom. The molecule has 0 aliphatic carbocycles. The molecule has 3 aromatic rings. The van der Waals surface area contributed by atoms with Gasteiger partial charge >= 0.3 is 0 Å². The first-order valence-electron chi connectivity index (χ1n) is 8.88. The normalized spacial score (nSPS) is 12.2. The number of benzene rings is 1. The average molecular weight is 386 g/mol. The summed E-state index contributed by atoms with van der Waals surface area (Å²) in [5.41, 5.74) is 5.43. The maximum absolute atomic E-state index is 12.7. The third-order valence-electron chi connectivity index (χ3n) is 4.61. The highest BCUT2D eigenvalue weighted by Crippen LogP contribution is 2.23. The van der Waals surface area contributed by atoms with Gasteiger partial charge in [0.05, 0.1) is 28.6 Å². The van der Waals surface area contributed by atoms with Gasteiger partial charge in [-0.2, -0.15) is 10.2 Å². The SMILES string of the molecule is Cc1cc(C)n(Cc2cccc(NC(=O)C(C)n3nc(C)c(Cl)c3C)c2)n1. The first kappa shape index (κ1) is 19.2. The third-order valence-corrected chi connectivity index (χ3v) is 5.16. The molecular formula is C20H24ClN5O. The van der Waals surface area contributed by atoms with Crippen molar-refractivity contribution in [3.05, 3.63) is 63.7 Å². The Bertz CT molecular complexity index is 988. The number of halogens is 1. The van der Waals surface area contributed by atoms with Crippen LogP contribution in [0.2, 0.25) is 5.02 Å². The summed E-state index contributed by atoms with van der Waals surface area (Å²) in [4.78, 5) is 12.7. The van der Waals surface area contributed by atoms with Gasteiger partial charge in [0.2, 0.25) is 5.91 Å². The van der Waals surface area contributed by atoms with Crippen molar-refractivity contribution in [2.75, 3.05) is 5.32 Å². The number of amides is 1. The highest BCUT2D eigenvalue weighted by Gasteiger charge is 2.20. The number of nitrogens with one attached hydrogen (secondary N) is 1. The number of nitrogens with zero attached hydrogens (tertiary/aromatic N) is 4. The van der Waals surface area contributed by atoms with Crippen LogP contribution >= 0.6 is 11.6 Å². The predicted molar refractivity (Wildman–Crippen MR) is 107 cm³/mol. The molecule has 2 aromatic heterocycles. The first-order valence-corrected chi connectivity index (χ1v) is 9.26. The molecule has 27 heavy (non-hydrogen) atoms. The minimum absolute atomic E-state index is 0.138. The lowest BCUT2D eigenvalue weighted by molar-refractivity contribution is -0.119. The molecule has 1 unspecified atom stereocenters. The van der Waals surface area contributed by atoms with E-state index in [9.17, 15) is 4.79 Å². The maximum atomic E-state index is 12.7. The van der Waals surface area contributed by atoms with Gasteiger partial charge in [-0.15, -0.1) is 0 Å². The lowest BCUT2D eigenvalue weighted by Gasteiger charge is -2.15. The van der Waals surface area contributed by atoms with E-state index >= 15 is 0 Å². The van der Waals surface area contributed by atoms with Gasteiger partial charge in [-0.1, -0.05) is 23.7 Å². The molecule has 2 heterocycles. The summed E-state index contributed by atoms with van der Waals surface area (Å²) in [6, 6.07) is 9.39. The van der Waals surface area contributed by atoms with E-state index in [-0.39, 0.29) is 5.91 Å². The Kier molecular flexibility index (Phi) is 5.37. The Balaban J connectivity index is 1.74. The number of carbonyl (C=O) groups excluding carboxylic acids is 1. The van der Waals surface area contributed by atoms with Crippen molar-refractivity contribution >= 4 is 23.2 Å². The fourth-order valence-corrected chi connectivity index (χ4v) is 3.26. The van der Waals surface area contributed by atoms with Gasteiger partial charge in [-0.25, -0.2) is 0 Å². The van der Waals surface area contributed by atoms with Crippen LogP contribution in [0.3, 0.4) is 0 Å². The second-order valence-electron chi connectivity index (χ2n) is 6.88. The molecule has 1 N–H and O–H groups in total. The van der Waals surface area contributed by atoms with Gasteiger partial charge < -0.3 is 5.32 Å².